The number of sulfonamides is 1. The molecule has 0 saturated heterocycles. The fourth-order valence-electron chi connectivity index (χ4n) is 4.20. The summed E-state index contributed by atoms with van der Waals surface area (Å²) in [6, 6.07) is 13.3. The number of amides is 1. The quantitative estimate of drug-likeness (QED) is 0.694. The van der Waals surface area contributed by atoms with E-state index < -0.39 is 16.0 Å². The van der Waals surface area contributed by atoms with E-state index in [0.29, 0.717) is 18.7 Å². The smallest absolute Gasteiger partial charge is 0.338 e. The Labute approximate surface area is 182 Å². The first kappa shape index (κ1) is 21.4. The summed E-state index contributed by atoms with van der Waals surface area (Å²) < 4.78 is 32.8. The standard InChI is InChI=1S/C23H26N2O5S/c26-22(24-19-9-2-1-3-10-19)16-30-23(27)18-8-6-11-20(15-18)31(28,29)25-14-13-17-7-4-5-12-21(17)25/h4-8,11-12,15,19H,1-3,9-10,13-14,16H2,(H,24,26). The van der Waals surface area contributed by atoms with Gasteiger partial charge in [0.2, 0.25) is 0 Å². The van der Waals surface area contributed by atoms with E-state index in [0.717, 1.165) is 31.2 Å². The first-order valence-corrected chi connectivity index (χ1v) is 12.1. The molecule has 0 aromatic heterocycles. The number of nitrogens with one attached hydrogen (secondary N) is 1. The van der Waals surface area contributed by atoms with E-state index in [9.17, 15) is 18.0 Å². The van der Waals surface area contributed by atoms with Gasteiger partial charge in [0.15, 0.2) is 6.61 Å². The number of nitrogens with zero attached hydrogens (tertiary/aromatic N) is 1. The fraction of sp³-hybridized carbons (Fsp3) is 0.391. The van der Waals surface area contributed by atoms with Crippen LogP contribution in [0.4, 0.5) is 5.69 Å². The number of rotatable bonds is 6. The molecular weight excluding hydrogens is 416 g/mol. The predicted molar refractivity (Wildman–Crippen MR) is 116 cm³/mol. The molecule has 31 heavy (non-hydrogen) atoms. The van der Waals surface area contributed by atoms with E-state index in [1.807, 2.05) is 12.1 Å². The molecule has 7 nitrogen and oxygen atoms in total. The molecule has 1 N–H and O–H groups in total. The maximum atomic E-state index is 13.2. The van der Waals surface area contributed by atoms with Crippen LogP contribution >= 0.6 is 0 Å². The molecule has 1 aliphatic heterocycles. The molecule has 2 aliphatic rings. The summed E-state index contributed by atoms with van der Waals surface area (Å²) in [4.78, 5) is 24.5. The Morgan fingerprint density at radius 1 is 1.03 bits per heavy atom. The molecular formula is C23H26N2O5S. The number of carbonyl (C=O) groups excluding carboxylic acids is 2. The average Bonchev–Trinajstić information content (AvgIpc) is 3.23. The molecule has 0 spiro atoms. The number of fused-ring (bicyclic) bond motifs is 1. The van der Waals surface area contributed by atoms with Crippen molar-refractivity contribution in [1.29, 1.82) is 0 Å². The Hall–Kier alpha value is -2.87. The van der Waals surface area contributed by atoms with Crippen LogP contribution in [-0.4, -0.2) is 39.5 Å². The Morgan fingerprint density at radius 3 is 2.61 bits per heavy atom. The van der Waals surface area contributed by atoms with Crippen LogP contribution in [-0.2, 0) is 26.0 Å². The minimum absolute atomic E-state index is 0.0188. The van der Waals surface area contributed by atoms with Crippen molar-refractivity contribution in [2.24, 2.45) is 0 Å². The highest BCUT2D eigenvalue weighted by Crippen LogP contribution is 2.32. The van der Waals surface area contributed by atoms with Gasteiger partial charge in [-0.05, 0) is 49.1 Å². The predicted octanol–water partition coefficient (Wildman–Crippen LogP) is 3.04. The lowest BCUT2D eigenvalue weighted by molar-refractivity contribution is -0.125. The van der Waals surface area contributed by atoms with Crippen molar-refractivity contribution >= 4 is 27.6 Å². The molecule has 0 unspecified atom stereocenters. The second-order valence-corrected chi connectivity index (χ2v) is 9.82. The third-order valence-electron chi connectivity index (χ3n) is 5.81. The van der Waals surface area contributed by atoms with Gasteiger partial charge >= 0.3 is 5.97 Å². The van der Waals surface area contributed by atoms with Gasteiger partial charge < -0.3 is 10.1 Å². The van der Waals surface area contributed by atoms with Crippen LogP contribution < -0.4 is 9.62 Å². The molecule has 2 aromatic carbocycles. The van der Waals surface area contributed by atoms with Gasteiger partial charge in [-0.1, -0.05) is 43.5 Å². The van der Waals surface area contributed by atoms with Gasteiger partial charge in [0.25, 0.3) is 15.9 Å². The number of benzene rings is 2. The highest BCUT2D eigenvalue weighted by Gasteiger charge is 2.31. The van der Waals surface area contributed by atoms with Crippen molar-refractivity contribution in [3.8, 4) is 0 Å². The Morgan fingerprint density at radius 2 is 1.81 bits per heavy atom. The molecule has 1 heterocycles. The number of hydrogen-bond donors (Lipinski definition) is 1. The number of para-hydroxylation sites is 1. The van der Waals surface area contributed by atoms with E-state index in [2.05, 4.69) is 5.32 Å². The van der Waals surface area contributed by atoms with Gasteiger partial charge in [0.1, 0.15) is 0 Å². The molecule has 1 saturated carbocycles. The van der Waals surface area contributed by atoms with Gasteiger partial charge in [-0.2, -0.15) is 0 Å². The van der Waals surface area contributed by atoms with Crippen LogP contribution in [0.15, 0.2) is 53.4 Å². The van der Waals surface area contributed by atoms with Gasteiger partial charge in [0, 0.05) is 12.6 Å². The zero-order valence-corrected chi connectivity index (χ0v) is 18.1. The second-order valence-electron chi connectivity index (χ2n) is 7.96. The average molecular weight is 443 g/mol. The van der Waals surface area contributed by atoms with E-state index in [1.54, 1.807) is 12.1 Å². The Bertz CT molecular complexity index is 1080. The van der Waals surface area contributed by atoms with Crippen LogP contribution in [0.1, 0.15) is 48.0 Å². The van der Waals surface area contributed by atoms with E-state index >= 15 is 0 Å². The third kappa shape index (κ3) is 4.74. The number of ether oxygens (including phenoxy) is 1. The molecule has 8 heteroatoms. The van der Waals surface area contributed by atoms with Gasteiger partial charge in [-0.3, -0.25) is 9.10 Å². The molecule has 1 aliphatic carbocycles. The van der Waals surface area contributed by atoms with Crippen LogP contribution in [0, 0.1) is 0 Å². The zero-order chi connectivity index (χ0) is 21.8. The van der Waals surface area contributed by atoms with Crippen molar-refractivity contribution in [2.75, 3.05) is 17.5 Å². The first-order chi connectivity index (χ1) is 14.9. The summed E-state index contributed by atoms with van der Waals surface area (Å²) in [5, 5.41) is 2.89. The van der Waals surface area contributed by atoms with Crippen molar-refractivity contribution in [3.05, 3.63) is 59.7 Å². The van der Waals surface area contributed by atoms with Crippen molar-refractivity contribution in [3.63, 3.8) is 0 Å². The molecule has 0 atom stereocenters. The number of carbonyl (C=O) groups is 2. The number of esters is 1. The van der Waals surface area contributed by atoms with Gasteiger partial charge in [-0.15, -0.1) is 0 Å². The molecule has 1 fully saturated rings. The second kappa shape index (κ2) is 9.09. The molecule has 4 rings (SSSR count). The van der Waals surface area contributed by atoms with Crippen molar-refractivity contribution in [1.82, 2.24) is 5.32 Å². The van der Waals surface area contributed by atoms with E-state index in [4.69, 9.17) is 4.74 Å². The number of anilines is 1. The number of hydrogen-bond acceptors (Lipinski definition) is 5. The fourth-order valence-corrected chi connectivity index (χ4v) is 5.75. The summed E-state index contributed by atoms with van der Waals surface area (Å²) >= 11 is 0. The third-order valence-corrected chi connectivity index (χ3v) is 7.62. The molecule has 0 radical (unpaired) electrons. The molecule has 1 amide bonds. The molecule has 0 bridgehead atoms. The Balaban J connectivity index is 1.42. The van der Waals surface area contributed by atoms with Crippen LogP contribution in [0.5, 0.6) is 0 Å². The maximum absolute atomic E-state index is 13.2. The van der Waals surface area contributed by atoms with E-state index in [1.165, 1.54) is 35.0 Å². The minimum Gasteiger partial charge on any atom is -0.452 e. The summed E-state index contributed by atoms with van der Waals surface area (Å²) in [6.07, 6.45) is 5.90. The zero-order valence-electron chi connectivity index (χ0n) is 17.2. The summed E-state index contributed by atoms with van der Waals surface area (Å²) in [7, 11) is -3.81. The topological polar surface area (TPSA) is 92.8 Å². The molecule has 2 aromatic rings. The SMILES string of the molecule is O=C(COC(=O)c1cccc(S(=O)(=O)N2CCc3ccccc32)c1)NC1CCCCC1. The largest absolute Gasteiger partial charge is 0.452 e. The summed E-state index contributed by atoms with van der Waals surface area (Å²) in [6.45, 7) is -0.0243. The lowest BCUT2D eigenvalue weighted by Crippen LogP contribution is -2.38. The van der Waals surface area contributed by atoms with Crippen LogP contribution in [0.3, 0.4) is 0 Å². The highest BCUT2D eigenvalue weighted by molar-refractivity contribution is 7.92. The van der Waals surface area contributed by atoms with E-state index in [-0.39, 0.29) is 29.0 Å². The van der Waals surface area contributed by atoms with Crippen LogP contribution in [0.25, 0.3) is 0 Å². The summed E-state index contributed by atoms with van der Waals surface area (Å²) in [5.74, 6) is -1.06. The van der Waals surface area contributed by atoms with Crippen molar-refractivity contribution in [2.45, 2.75) is 49.5 Å². The Kier molecular flexibility index (Phi) is 6.27. The highest BCUT2D eigenvalue weighted by atomic mass is 32.2. The first-order valence-electron chi connectivity index (χ1n) is 10.6. The van der Waals surface area contributed by atoms with Crippen LogP contribution in [0.2, 0.25) is 0 Å². The van der Waals surface area contributed by atoms with Gasteiger partial charge in [-0.25, -0.2) is 13.2 Å². The monoisotopic (exact) mass is 442 g/mol. The lowest BCUT2D eigenvalue weighted by Gasteiger charge is -2.22. The lowest BCUT2D eigenvalue weighted by atomic mass is 9.95. The maximum Gasteiger partial charge on any atom is 0.338 e. The molecule has 164 valence electrons. The van der Waals surface area contributed by atoms with Gasteiger partial charge in [0.05, 0.1) is 16.1 Å². The normalized spacial score (nSPS) is 16.6. The summed E-state index contributed by atoms with van der Waals surface area (Å²) in [5.41, 5.74) is 1.74. The minimum atomic E-state index is -3.81. The van der Waals surface area contributed by atoms with Crippen molar-refractivity contribution < 1.29 is 22.7 Å².